The fourth-order valence-electron chi connectivity index (χ4n) is 2.62. The van der Waals surface area contributed by atoms with Crippen molar-refractivity contribution in [3.63, 3.8) is 0 Å². The van der Waals surface area contributed by atoms with Crippen LogP contribution in [0.4, 0.5) is 19.1 Å². The molecule has 29 heavy (non-hydrogen) atoms. The number of alkyl halides is 3. The molecule has 0 amide bonds. The van der Waals surface area contributed by atoms with E-state index in [0.717, 1.165) is 31.6 Å². The van der Waals surface area contributed by atoms with E-state index in [4.69, 9.17) is 0 Å². The van der Waals surface area contributed by atoms with Crippen LogP contribution in [0, 0.1) is 0 Å². The van der Waals surface area contributed by atoms with Crippen LogP contribution in [0.25, 0.3) is 0 Å². The molecule has 0 radical (unpaired) electrons. The number of halogens is 3. The van der Waals surface area contributed by atoms with Crippen LogP contribution in [-0.2, 0) is 6.18 Å². The van der Waals surface area contributed by atoms with Gasteiger partial charge in [0.25, 0.3) is 0 Å². The molecule has 0 bridgehead atoms. The molecule has 1 aromatic carbocycles. The van der Waals surface area contributed by atoms with Crippen molar-refractivity contribution in [3.05, 3.63) is 48.3 Å². The van der Waals surface area contributed by atoms with E-state index in [9.17, 15) is 13.2 Å². The van der Waals surface area contributed by atoms with E-state index in [1.54, 1.807) is 7.05 Å². The Hall–Kier alpha value is -2.49. The van der Waals surface area contributed by atoms with Gasteiger partial charge in [-0.2, -0.15) is 13.2 Å². The Morgan fingerprint density at radius 3 is 2.55 bits per heavy atom. The van der Waals surface area contributed by atoms with Gasteiger partial charge in [0.15, 0.2) is 5.96 Å². The first-order chi connectivity index (χ1) is 13.9. The van der Waals surface area contributed by atoms with Crippen LogP contribution in [0.15, 0.2) is 52.5 Å². The molecule has 0 unspecified atom stereocenters. The molecule has 1 saturated carbocycles. The third-order valence-corrected chi connectivity index (χ3v) is 5.83. The third kappa shape index (κ3) is 6.52. The van der Waals surface area contributed by atoms with Crippen molar-refractivity contribution in [2.45, 2.75) is 28.7 Å². The molecular weight excluding hydrogens is 401 g/mol. The zero-order valence-corrected chi connectivity index (χ0v) is 16.8. The number of aromatic nitrogens is 2. The second-order valence-corrected chi connectivity index (χ2v) is 8.18. The van der Waals surface area contributed by atoms with Crippen molar-refractivity contribution in [2.75, 3.05) is 32.0 Å². The normalized spacial score (nSPS) is 15.7. The molecule has 6 nitrogen and oxygen atoms in total. The average molecular weight is 424 g/mol. The minimum absolute atomic E-state index is 0.0548. The second-order valence-electron chi connectivity index (χ2n) is 6.64. The summed E-state index contributed by atoms with van der Waals surface area (Å²) in [5.74, 6) is 0.595. The highest BCUT2D eigenvalue weighted by atomic mass is 32.2. The number of hydrogen-bond acceptors (Lipinski definition) is 5. The van der Waals surface area contributed by atoms with Gasteiger partial charge in [-0.1, -0.05) is 18.2 Å². The molecule has 10 heteroatoms. The zero-order chi connectivity index (χ0) is 20.7. The Balaban J connectivity index is 1.40. The number of rotatable bonds is 8. The van der Waals surface area contributed by atoms with Gasteiger partial charge < -0.3 is 16.0 Å². The van der Waals surface area contributed by atoms with Crippen molar-refractivity contribution < 1.29 is 13.2 Å². The first kappa shape index (κ1) is 21.2. The van der Waals surface area contributed by atoms with Crippen molar-refractivity contribution >= 4 is 23.7 Å². The van der Waals surface area contributed by atoms with E-state index in [0.29, 0.717) is 19.0 Å². The van der Waals surface area contributed by atoms with Gasteiger partial charge in [0.2, 0.25) is 5.95 Å². The Labute approximate surface area is 171 Å². The van der Waals surface area contributed by atoms with Gasteiger partial charge in [-0.05, 0) is 31.0 Å². The minimum atomic E-state index is -4.49. The maximum Gasteiger partial charge on any atom is 0.433 e. The standard InChI is InChI=1S/C19H23F3N6S/c1-23-16(27-13-18(8-9-18)29-14-5-3-2-4-6-14)25-11-12-26-17-24-10-7-15(28-17)19(20,21)22/h2-7,10H,8-9,11-13H2,1H3,(H2,23,25,27)(H,24,26,28). The lowest BCUT2D eigenvalue weighted by atomic mass is 10.4. The molecule has 1 aliphatic carbocycles. The van der Waals surface area contributed by atoms with E-state index in [2.05, 4.69) is 43.0 Å². The number of aliphatic imine (C=N–C) groups is 1. The van der Waals surface area contributed by atoms with Crippen molar-refractivity contribution in [1.29, 1.82) is 0 Å². The number of hydrogen-bond donors (Lipinski definition) is 3. The predicted molar refractivity (Wildman–Crippen MR) is 109 cm³/mol. The molecule has 1 aromatic heterocycles. The number of guanidine groups is 1. The zero-order valence-electron chi connectivity index (χ0n) is 16.0. The van der Waals surface area contributed by atoms with Crippen LogP contribution in [-0.4, -0.2) is 47.4 Å². The van der Waals surface area contributed by atoms with Gasteiger partial charge in [0.05, 0.1) is 0 Å². The predicted octanol–water partition coefficient (Wildman–Crippen LogP) is 3.40. The van der Waals surface area contributed by atoms with Crippen LogP contribution < -0.4 is 16.0 Å². The smallest absolute Gasteiger partial charge is 0.355 e. The first-order valence-corrected chi connectivity index (χ1v) is 10.0. The molecule has 0 saturated heterocycles. The molecule has 1 fully saturated rings. The number of anilines is 1. The minimum Gasteiger partial charge on any atom is -0.355 e. The summed E-state index contributed by atoms with van der Waals surface area (Å²) in [6.45, 7) is 1.60. The summed E-state index contributed by atoms with van der Waals surface area (Å²) in [7, 11) is 1.68. The van der Waals surface area contributed by atoms with E-state index in [1.165, 1.54) is 4.90 Å². The van der Waals surface area contributed by atoms with Crippen LogP contribution in [0.3, 0.4) is 0 Å². The summed E-state index contributed by atoms with van der Waals surface area (Å²) in [6, 6.07) is 11.1. The molecule has 0 atom stereocenters. The van der Waals surface area contributed by atoms with Crippen LogP contribution >= 0.6 is 11.8 Å². The molecule has 2 aromatic rings. The van der Waals surface area contributed by atoms with Gasteiger partial charge in [0.1, 0.15) is 5.69 Å². The Morgan fingerprint density at radius 2 is 1.90 bits per heavy atom. The monoisotopic (exact) mass is 424 g/mol. The van der Waals surface area contributed by atoms with Crippen molar-refractivity contribution in [3.8, 4) is 0 Å². The van der Waals surface area contributed by atoms with Gasteiger partial charge in [-0.25, -0.2) is 9.97 Å². The Kier molecular flexibility index (Phi) is 6.83. The number of nitrogens with one attached hydrogen (secondary N) is 3. The van der Waals surface area contributed by atoms with Gasteiger partial charge in [0, 0.05) is 42.5 Å². The van der Waals surface area contributed by atoms with Gasteiger partial charge >= 0.3 is 6.18 Å². The van der Waals surface area contributed by atoms with Crippen molar-refractivity contribution in [1.82, 2.24) is 20.6 Å². The van der Waals surface area contributed by atoms with E-state index < -0.39 is 11.9 Å². The lowest BCUT2D eigenvalue weighted by Gasteiger charge is -2.18. The van der Waals surface area contributed by atoms with Crippen molar-refractivity contribution in [2.24, 2.45) is 4.99 Å². The quantitative estimate of drug-likeness (QED) is 0.343. The first-order valence-electron chi connectivity index (χ1n) is 9.23. The molecule has 3 rings (SSSR count). The second kappa shape index (κ2) is 9.34. The summed E-state index contributed by atoms with van der Waals surface area (Å²) >= 11 is 1.87. The van der Waals surface area contributed by atoms with Crippen LogP contribution in [0.5, 0.6) is 0 Å². The summed E-state index contributed by atoms with van der Waals surface area (Å²) < 4.78 is 38.2. The van der Waals surface area contributed by atoms with Gasteiger partial charge in [-0.15, -0.1) is 11.8 Å². The lowest BCUT2D eigenvalue weighted by molar-refractivity contribution is -0.141. The van der Waals surface area contributed by atoms with E-state index in [1.807, 2.05) is 30.0 Å². The summed E-state index contributed by atoms with van der Waals surface area (Å²) in [4.78, 5) is 12.7. The molecule has 3 N–H and O–H groups in total. The third-order valence-electron chi connectivity index (χ3n) is 4.33. The molecule has 0 aliphatic heterocycles. The molecular formula is C19H23F3N6S. The largest absolute Gasteiger partial charge is 0.433 e. The van der Waals surface area contributed by atoms with Gasteiger partial charge in [-0.3, -0.25) is 4.99 Å². The number of nitrogens with zero attached hydrogens (tertiary/aromatic N) is 3. The average Bonchev–Trinajstić information content (AvgIpc) is 3.47. The lowest BCUT2D eigenvalue weighted by Crippen LogP contribution is -2.42. The highest BCUT2D eigenvalue weighted by Crippen LogP contribution is 2.51. The number of benzene rings is 1. The molecule has 1 aliphatic rings. The maximum absolute atomic E-state index is 12.7. The maximum atomic E-state index is 12.7. The topological polar surface area (TPSA) is 74.2 Å². The summed E-state index contributed by atoms with van der Waals surface area (Å²) in [5, 5.41) is 9.25. The Morgan fingerprint density at radius 1 is 1.14 bits per heavy atom. The fraction of sp³-hybridized carbons (Fsp3) is 0.421. The summed E-state index contributed by atoms with van der Waals surface area (Å²) in [5.41, 5.74) is -0.967. The highest BCUT2D eigenvalue weighted by molar-refractivity contribution is 8.01. The fourth-order valence-corrected chi connectivity index (χ4v) is 3.86. The van der Waals surface area contributed by atoms with E-state index in [-0.39, 0.29) is 10.7 Å². The van der Waals surface area contributed by atoms with Crippen LogP contribution in [0.1, 0.15) is 18.5 Å². The SMILES string of the molecule is CN=C(NCCNc1nccc(C(F)(F)F)n1)NCC1(Sc2ccccc2)CC1. The molecule has 1 heterocycles. The highest BCUT2D eigenvalue weighted by Gasteiger charge is 2.43. The number of thioether (sulfide) groups is 1. The Bertz CT molecular complexity index is 824. The molecule has 0 spiro atoms. The molecule has 156 valence electrons. The van der Waals surface area contributed by atoms with E-state index >= 15 is 0 Å². The summed E-state index contributed by atoms with van der Waals surface area (Å²) in [6.07, 6.45) is -1.11. The van der Waals surface area contributed by atoms with Crippen LogP contribution in [0.2, 0.25) is 0 Å².